The van der Waals surface area contributed by atoms with Crippen LogP contribution in [-0.4, -0.2) is 45.3 Å². The van der Waals surface area contributed by atoms with E-state index in [1.165, 1.54) is 27.7 Å². The molecule has 2 amide bonds. The molecular weight excluding hydrogens is 401 g/mol. The molecule has 2 N–H and O–H groups in total. The molecule has 0 spiro atoms. The second-order valence-corrected chi connectivity index (χ2v) is 7.28. The standard InChI is InChI=1S/C22H24FN5O3/c1-27(2)21(30)9-5-3-4-8-20(29)26-17-7-6-12-28(22(17)31)14-19-24-16-11-10-15(23)13-18(16)25-19/h5-7,9-13H,3-4,8,14H2,1-2H3,(H,24,25)(H,26,29)/b9-5+. The first kappa shape index (κ1) is 21.9. The SMILES string of the molecule is CN(C)C(=O)/C=C/CCCC(=O)Nc1cccn(Cc2nc3ccc(F)cc3[nH]2)c1=O. The number of pyridine rings is 1. The third-order valence-electron chi connectivity index (χ3n) is 4.58. The fraction of sp³-hybridized carbons (Fsp3) is 0.273. The molecule has 0 unspecified atom stereocenters. The number of likely N-dealkylation sites (N-methyl/N-ethyl adjacent to an activating group) is 1. The number of H-pyrrole nitrogens is 1. The molecule has 0 saturated heterocycles. The van der Waals surface area contributed by atoms with Crippen LogP contribution in [-0.2, 0) is 16.1 Å². The van der Waals surface area contributed by atoms with Crippen LogP contribution in [0.25, 0.3) is 11.0 Å². The van der Waals surface area contributed by atoms with Gasteiger partial charge in [0.25, 0.3) is 5.56 Å². The molecule has 8 nitrogen and oxygen atoms in total. The minimum absolute atomic E-state index is 0.108. The maximum atomic E-state index is 13.3. The van der Waals surface area contributed by atoms with Crippen molar-refractivity contribution in [1.29, 1.82) is 0 Å². The lowest BCUT2D eigenvalue weighted by Gasteiger charge is -2.08. The highest BCUT2D eigenvalue weighted by Gasteiger charge is 2.10. The van der Waals surface area contributed by atoms with Gasteiger partial charge in [-0.3, -0.25) is 14.4 Å². The van der Waals surface area contributed by atoms with Gasteiger partial charge in [-0.25, -0.2) is 9.37 Å². The average molecular weight is 425 g/mol. The van der Waals surface area contributed by atoms with E-state index in [0.717, 1.165) is 0 Å². The molecule has 0 aliphatic heterocycles. The molecule has 2 heterocycles. The van der Waals surface area contributed by atoms with E-state index in [1.54, 1.807) is 44.6 Å². The van der Waals surface area contributed by atoms with Crippen LogP contribution in [0.4, 0.5) is 10.1 Å². The lowest BCUT2D eigenvalue weighted by molar-refractivity contribution is -0.123. The number of nitrogens with one attached hydrogen (secondary N) is 2. The highest BCUT2D eigenvalue weighted by molar-refractivity contribution is 5.90. The van der Waals surface area contributed by atoms with E-state index < -0.39 is 0 Å². The quantitative estimate of drug-likeness (QED) is 0.428. The number of rotatable bonds is 8. The summed E-state index contributed by atoms with van der Waals surface area (Å²) in [7, 11) is 3.33. The fourth-order valence-electron chi connectivity index (χ4n) is 2.95. The molecule has 0 fully saturated rings. The maximum absolute atomic E-state index is 13.3. The number of allylic oxidation sites excluding steroid dienone is 1. The molecule has 0 bridgehead atoms. The topological polar surface area (TPSA) is 100 Å². The van der Waals surface area contributed by atoms with Crippen LogP contribution in [0.1, 0.15) is 25.1 Å². The lowest BCUT2D eigenvalue weighted by atomic mass is 10.2. The first-order valence-corrected chi connectivity index (χ1v) is 9.85. The number of aromatic nitrogens is 3. The predicted octanol–water partition coefficient (Wildman–Crippen LogP) is 2.67. The van der Waals surface area contributed by atoms with Crippen molar-refractivity contribution in [2.75, 3.05) is 19.4 Å². The van der Waals surface area contributed by atoms with Crippen molar-refractivity contribution >= 4 is 28.5 Å². The van der Waals surface area contributed by atoms with Crippen LogP contribution in [0.5, 0.6) is 0 Å². The van der Waals surface area contributed by atoms with Crippen molar-refractivity contribution in [2.45, 2.75) is 25.8 Å². The molecule has 0 aliphatic carbocycles. The van der Waals surface area contributed by atoms with Gasteiger partial charge in [0, 0.05) is 26.7 Å². The highest BCUT2D eigenvalue weighted by atomic mass is 19.1. The number of hydrogen-bond donors (Lipinski definition) is 2. The van der Waals surface area contributed by atoms with Gasteiger partial charge in [0.1, 0.15) is 17.3 Å². The zero-order valence-electron chi connectivity index (χ0n) is 17.4. The number of carbonyl (C=O) groups excluding carboxylic acids is 2. The molecule has 1 aromatic carbocycles. The molecule has 3 rings (SSSR count). The average Bonchev–Trinajstić information content (AvgIpc) is 3.11. The van der Waals surface area contributed by atoms with Crippen LogP contribution in [0.2, 0.25) is 0 Å². The van der Waals surface area contributed by atoms with Gasteiger partial charge in [-0.15, -0.1) is 0 Å². The summed E-state index contributed by atoms with van der Waals surface area (Å²) >= 11 is 0. The Bertz CT molecular complexity index is 1180. The van der Waals surface area contributed by atoms with Crippen molar-refractivity contribution in [3.8, 4) is 0 Å². The number of nitrogens with zero attached hydrogens (tertiary/aromatic N) is 3. The second kappa shape index (κ2) is 9.84. The number of carbonyl (C=O) groups is 2. The van der Waals surface area contributed by atoms with Crippen molar-refractivity contribution in [3.05, 3.63) is 70.7 Å². The Kier molecular flexibility index (Phi) is 6.96. The van der Waals surface area contributed by atoms with Crippen LogP contribution in [0.15, 0.2) is 53.5 Å². The summed E-state index contributed by atoms with van der Waals surface area (Å²) in [6.45, 7) is 0.156. The van der Waals surface area contributed by atoms with Crippen LogP contribution < -0.4 is 10.9 Å². The number of amides is 2. The molecule has 31 heavy (non-hydrogen) atoms. The predicted molar refractivity (Wildman–Crippen MR) is 116 cm³/mol. The van der Waals surface area contributed by atoms with Gasteiger partial charge in [0.2, 0.25) is 11.8 Å². The maximum Gasteiger partial charge on any atom is 0.274 e. The Balaban J connectivity index is 1.59. The van der Waals surface area contributed by atoms with Crippen LogP contribution in [0.3, 0.4) is 0 Å². The Morgan fingerprint density at radius 3 is 2.87 bits per heavy atom. The molecular formula is C22H24FN5O3. The minimum Gasteiger partial charge on any atom is -0.345 e. The minimum atomic E-state index is -0.371. The second-order valence-electron chi connectivity index (χ2n) is 7.28. The molecule has 2 aromatic heterocycles. The van der Waals surface area contributed by atoms with Gasteiger partial charge in [0.15, 0.2) is 0 Å². The van der Waals surface area contributed by atoms with Crippen molar-refractivity contribution in [2.24, 2.45) is 0 Å². The summed E-state index contributed by atoms with van der Waals surface area (Å²) in [6.07, 6.45) is 6.16. The molecule has 0 radical (unpaired) electrons. The molecule has 9 heteroatoms. The van der Waals surface area contributed by atoms with E-state index in [-0.39, 0.29) is 41.8 Å². The van der Waals surface area contributed by atoms with Gasteiger partial charge in [0.05, 0.1) is 17.6 Å². The summed E-state index contributed by atoms with van der Waals surface area (Å²) in [5.41, 5.74) is 0.969. The Hall–Kier alpha value is -3.75. The van der Waals surface area contributed by atoms with Crippen molar-refractivity contribution in [3.63, 3.8) is 0 Å². The van der Waals surface area contributed by atoms with E-state index in [9.17, 15) is 18.8 Å². The van der Waals surface area contributed by atoms with Gasteiger partial charge in [-0.2, -0.15) is 0 Å². The smallest absolute Gasteiger partial charge is 0.274 e. The number of unbranched alkanes of at least 4 members (excludes halogenated alkanes) is 1. The summed E-state index contributed by atoms with van der Waals surface area (Å²) in [5, 5.41) is 2.64. The first-order chi connectivity index (χ1) is 14.8. The number of fused-ring (bicyclic) bond motifs is 1. The van der Waals surface area contributed by atoms with Crippen LogP contribution >= 0.6 is 0 Å². The Labute approximate surface area is 178 Å². The summed E-state index contributed by atoms with van der Waals surface area (Å²) in [4.78, 5) is 45.1. The van der Waals surface area contributed by atoms with Crippen molar-refractivity contribution < 1.29 is 14.0 Å². The van der Waals surface area contributed by atoms with E-state index in [2.05, 4.69) is 15.3 Å². The molecule has 0 aliphatic rings. The van der Waals surface area contributed by atoms with Gasteiger partial charge in [-0.1, -0.05) is 6.08 Å². The summed E-state index contributed by atoms with van der Waals surface area (Å²) < 4.78 is 14.8. The summed E-state index contributed by atoms with van der Waals surface area (Å²) in [5.74, 6) is -0.250. The summed E-state index contributed by atoms with van der Waals surface area (Å²) in [6, 6.07) is 7.44. The zero-order chi connectivity index (χ0) is 22.4. The van der Waals surface area contributed by atoms with Gasteiger partial charge in [-0.05, 0) is 49.2 Å². The molecule has 0 atom stereocenters. The Morgan fingerprint density at radius 2 is 2.10 bits per heavy atom. The Morgan fingerprint density at radius 1 is 1.29 bits per heavy atom. The third-order valence-corrected chi connectivity index (χ3v) is 4.58. The number of benzene rings is 1. The largest absolute Gasteiger partial charge is 0.345 e. The van der Waals surface area contributed by atoms with Crippen molar-refractivity contribution in [1.82, 2.24) is 19.4 Å². The number of imidazole rings is 1. The lowest BCUT2D eigenvalue weighted by Crippen LogP contribution is -2.26. The monoisotopic (exact) mass is 425 g/mol. The number of aromatic amines is 1. The molecule has 3 aromatic rings. The third kappa shape index (κ3) is 5.88. The normalized spacial score (nSPS) is 11.2. The van der Waals surface area contributed by atoms with Crippen LogP contribution in [0, 0.1) is 5.82 Å². The number of hydrogen-bond acceptors (Lipinski definition) is 4. The van der Waals surface area contributed by atoms with E-state index >= 15 is 0 Å². The van der Waals surface area contributed by atoms with Gasteiger partial charge >= 0.3 is 0 Å². The van der Waals surface area contributed by atoms with E-state index in [4.69, 9.17) is 0 Å². The number of anilines is 1. The molecule has 162 valence electrons. The fourth-order valence-corrected chi connectivity index (χ4v) is 2.95. The highest BCUT2D eigenvalue weighted by Crippen LogP contribution is 2.13. The zero-order valence-corrected chi connectivity index (χ0v) is 17.4. The number of halogens is 1. The molecule has 0 saturated carbocycles. The first-order valence-electron chi connectivity index (χ1n) is 9.85. The van der Waals surface area contributed by atoms with E-state index in [1.807, 2.05) is 0 Å². The van der Waals surface area contributed by atoms with Gasteiger partial charge < -0.3 is 19.8 Å². The van der Waals surface area contributed by atoms with E-state index in [0.29, 0.717) is 29.7 Å².